The molecule has 0 atom stereocenters. The highest BCUT2D eigenvalue weighted by Crippen LogP contribution is 2.20. The van der Waals surface area contributed by atoms with Gasteiger partial charge in [-0.1, -0.05) is 0 Å². The Hall–Kier alpha value is -2.87. The maximum absolute atomic E-state index is 11.5. The van der Waals surface area contributed by atoms with Crippen molar-refractivity contribution in [1.82, 2.24) is 4.73 Å². The van der Waals surface area contributed by atoms with E-state index in [0.717, 1.165) is 12.1 Å². The summed E-state index contributed by atoms with van der Waals surface area (Å²) >= 11 is 0. The summed E-state index contributed by atoms with van der Waals surface area (Å²) in [7, 11) is 1.36. The van der Waals surface area contributed by atoms with Crippen molar-refractivity contribution in [2.45, 2.75) is 0 Å². The van der Waals surface area contributed by atoms with E-state index in [1.165, 1.54) is 31.4 Å². The predicted octanol–water partition coefficient (Wildman–Crippen LogP) is 1.47. The highest BCUT2D eigenvalue weighted by atomic mass is 17.2. The zero-order valence-electron chi connectivity index (χ0n) is 10.3. The van der Waals surface area contributed by atoms with E-state index in [4.69, 9.17) is 9.62 Å². The number of ether oxygens (including phenoxy) is 1. The van der Waals surface area contributed by atoms with E-state index in [9.17, 15) is 15.0 Å². The smallest absolute Gasteiger partial charge is 0.492 e. The molecule has 8 nitrogen and oxygen atoms in total. The lowest BCUT2D eigenvalue weighted by Crippen LogP contribution is -2.22. The van der Waals surface area contributed by atoms with Gasteiger partial charge < -0.3 is 19.8 Å². The minimum absolute atomic E-state index is 0.185. The van der Waals surface area contributed by atoms with Gasteiger partial charge in [0.25, 0.3) is 0 Å². The zero-order valence-corrected chi connectivity index (χ0v) is 10.3. The standard InChI is InChI=1S/C12H11NO7/c1-17-20-9-4-2-8(3-5-9)18-12(16)19-13-10(14)6-7-11(13)15/h2-7,14-15H,1H3. The lowest BCUT2D eigenvalue weighted by atomic mass is 10.3. The van der Waals surface area contributed by atoms with Crippen LogP contribution in [0, 0.1) is 0 Å². The van der Waals surface area contributed by atoms with Gasteiger partial charge in [0.1, 0.15) is 5.75 Å². The Morgan fingerprint density at radius 3 is 2.10 bits per heavy atom. The van der Waals surface area contributed by atoms with Crippen molar-refractivity contribution >= 4 is 6.16 Å². The first kappa shape index (κ1) is 13.6. The molecule has 0 saturated heterocycles. The van der Waals surface area contributed by atoms with E-state index in [1.807, 2.05) is 0 Å². The van der Waals surface area contributed by atoms with Crippen LogP contribution >= 0.6 is 0 Å². The average molecular weight is 281 g/mol. The summed E-state index contributed by atoms with van der Waals surface area (Å²) in [5, 5.41) is 18.6. The third kappa shape index (κ3) is 3.12. The molecule has 1 aromatic carbocycles. The summed E-state index contributed by atoms with van der Waals surface area (Å²) in [5.41, 5.74) is 0. The van der Waals surface area contributed by atoms with E-state index < -0.39 is 17.9 Å². The lowest BCUT2D eigenvalue weighted by Gasteiger charge is -2.07. The van der Waals surface area contributed by atoms with Crippen molar-refractivity contribution in [3.63, 3.8) is 0 Å². The number of aromatic nitrogens is 1. The van der Waals surface area contributed by atoms with Crippen LogP contribution in [0.3, 0.4) is 0 Å². The first-order valence-corrected chi connectivity index (χ1v) is 5.40. The van der Waals surface area contributed by atoms with Crippen molar-refractivity contribution in [2.75, 3.05) is 7.11 Å². The Bertz CT molecular complexity index is 571. The quantitative estimate of drug-likeness (QED) is 0.379. The van der Waals surface area contributed by atoms with E-state index in [2.05, 4.69) is 9.73 Å². The third-order valence-electron chi connectivity index (χ3n) is 2.17. The van der Waals surface area contributed by atoms with Gasteiger partial charge in [0.2, 0.25) is 11.8 Å². The van der Waals surface area contributed by atoms with E-state index in [1.54, 1.807) is 0 Å². The molecule has 2 N–H and O–H groups in total. The Labute approximate surface area is 113 Å². The molecule has 0 aliphatic carbocycles. The molecule has 1 aromatic heterocycles. The van der Waals surface area contributed by atoms with Crippen molar-refractivity contribution in [1.29, 1.82) is 0 Å². The maximum Gasteiger partial charge on any atom is 0.539 e. The largest absolute Gasteiger partial charge is 0.539 e. The Balaban J connectivity index is 1.97. The molecule has 0 aliphatic rings. The third-order valence-corrected chi connectivity index (χ3v) is 2.17. The highest BCUT2D eigenvalue weighted by molar-refractivity contribution is 5.64. The zero-order chi connectivity index (χ0) is 14.5. The number of rotatable bonds is 4. The van der Waals surface area contributed by atoms with E-state index in [0.29, 0.717) is 10.5 Å². The molecule has 0 fully saturated rings. The van der Waals surface area contributed by atoms with Crippen molar-refractivity contribution in [2.24, 2.45) is 0 Å². The van der Waals surface area contributed by atoms with Crippen LogP contribution in [-0.2, 0) is 4.89 Å². The molecule has 0 spiro atoms. The first-order chi connectivity index (χ1) is 9.60. The summed E-state index contributed by atoms with van der Waals surface area (Å²) in [6, 6.07) is 8.22. The lowest BCUT2D eigenvalue weighted by molar-refractivity contribution is -0.178. The van der Waals surface area contributed by atoms with E-state index >= 15 is 0 Å². The van der Waals surface area contributed by atoms with Crippen LogP contribution < -0.4 is 14.5 Å². The number of carbonyl (C=O) groups excluding carboxylic acids is 1. The topological polar surface area (TPSA) is 99.4 Å². The van der Waals surface area contributed by atoms with Gasteiger partial charge in [-0.3, -0.25) is 4.84 Å². The molecule has 0 unspecified atom stereocenters. The molecular formula is C12H11NO7. The molecule has 8 heteroatoms. The summed E-state index contributed by atoms with van der Waals surface area (Å²) in [4.78, 5) is 25.2. The van der Waals surface area contributed by atoms with Gasteiger partial charge in [-0.05, 0) is 24.3 Å². The number of aromatic hydroxyl groups is 2. The fraction of sp³-hybridized carbons (Fsp3) is 0.0833. The van der Waals surface area contributed by atoms with Crippen LogP contribution in [-0.4, -0.2) is 28.2 Å². The van der Waals surface area contributed by atoms with Gasteiger partial charge in [-0.2, -0.15) is 4.89 Å². The van der Waals surface area contributed by atoms with Gasteiger partial charge >= 0.3 is 6.16 Å². The Morgan fingerprint density at radius 1 is 1.00 bits per heavy atom. The SMILES string of the molecule is COOc1ccc(OC(=O)On2c(O)ccc2O)cc1. The summed E-state index contributed by atoms with van der Waals surface area (Å²) < 4.78 is 5.35. The van der Waals surface area contributed by atoms with Crippen LogP contribution in [0.4, 0.5) is 4.79 Å². The Morgan fingerprint density at radius 2 is 1.55 bits per heavy atom. The average Bonchev–Trinajstić information content (AvgIpc) is 2.73. The molecule has 0 saturated carbocycles. The van der Waals surface area contributed by atoms with Gasteiger partial charge in [0.15, 0.2) is 5.75 Å². The first-order valence-electron chi connectivity index (χ1n) is 5.40. The number of hydrogen-bond donors (Lipinski definition) is 2. The molecule has 0 bridgehead atoms. The summed E-state index contributed by atoms with van der Waals surface area (Å²) in [6.07, 6.45) is -1.13. The molecular weight excluding hydrogens is 270 g/mol. The summed E-state index contributed by atoms with van der Waals surface area (Å²) in [5.74, 6) is -0.273. The predicted molar refractivity (Wildman–Crippen MR) is 64.4 cm³/mol. The number of nitrogens with zero attached hydrogens (tertiary/aromatic N) is 1. The normalized spacial score (nSPS) is 10.1. The molecule has 0 aliphatic heterocycles. The molecule has 2 rings (SSSR count). The van der Waals surface area contributed by atoms with Gasteiger partial charge in [-0.15, -0.1) is 4.73 Å². The monoisotopic (exact) mass is 281 g/mol. The number of carbonyl (C=O) groups is 1. The van der Waals surface area contributed by atoms with Crippen LogP contribution in [0.2, 0.25) is 0 Å². The van der Waals surface area contributed by atoms with Crippen molar-refractivity contribution < 1.29 is 34.4 Å². The van der Waals surface area contributed by atoms with Crippen LogP contribution in [0.15, 0.2) is 36.4 Å². The van der Waals surface area contributed by atoms with Crippen LogP contribution in [0.1, 0.15) is 0 Å². The number of benzene rings is 1. The minimum Gasteiger partial charge on any atom is -0.492 e. The molecule has 106 valence electrons. The second kappa shape index (κ2) is 5.85. The van der Waals surface area contributed by atoms with E-state index in [-0.39, 0.29) is 5.75 Å². The van der Waals surface area contributed by atoms with Crippen LogP contribution in [0.25, 0.3) is 0 Å². The molecule has 0 radical (unpaired) electrons. The van der Waals surface area contributed by atoms with Gasteiger partial charge in [-0.25, -0.2) is 4.79 Å². The van der Waals surface area contributed by atoms with Crippen LogP contribution in [0.5, 0.6) is 23.3 Å². The molecule has 1 heterocycles. The highest BCUT2D eigenvalue weighted by Gasteiger charge is 2.14. The number of hydrogen-bond acceptors (Lipinski definition) is 7. The molecule has 2 aromatic rings. The Kier molecular flexibility index (Phi) is 3.96. The van der Waals surface area contributed by atoms with Crippen molar-refractivity contribution in [3.8, 4) is 23.3 Å². The minimum atomic E-state index is -1.13. The second-order valence-corrected chi connectivity index (χ2v) is 3.51. The molecule has 20 heavy (non-hydrogen) atoms. The van der Waals surface area contributed by atoms with Crippen molar-refractivity contribution in [3.05, 3.63) is 36.4 Å². The fourth-order valence-electron chi connectivity index (χ4n) is 1.34. The second-order valence-electron chi connectivity index (χ2n) is 3.51. The maximum atomic E-state index is 11.5. The summed E-state index contributed by atoms with van der Waals surface area (Å²) in [6.45, 7) is 0. The van der Waals surface area contributed by atoms with Gasteiger partial charge in [0.05, 0.1) is 7.11 Å². The molecule has 0 amide bonds. The van der Waals surface area contributed by atoms with Gasteiger partial charge in [0, 0.05) is 12.1 Å². The fourth-order valence-corrected chi connectivity index (χ4v) is 1.34.